The Balaban J connectivity index is 2.33. The molecule has 0 saturated heterocycles. The Labute approximate surface area is 109 Å². The van der Waals surface area contributed by atoms with Crippen molar-refractivity contribution in [2.75, 3.05) is 0 Å². The van der Waals surface area contributed by atoms with Gasteiger partial charge in [0, 0.05) is 24.0 Å². The third-order valence-corrected chi connectivity index (χ3v) is 3.18. The zero-order valence-electron chi connectivity index (χ0n) is 10.1. The summed E-state index contributed by atoms with van der Waals surface area (Å²) in [5.74, 6) is 0.891. The van der Waals surface area contributed by atoms with Gasteiger partial charge in [-0.15, -0.1) is 0 Å². The topological polar surface area (TPSA) is 61.0 Å². The minimum absolute atomic E-state index is 0.00262. The van der Waals surface area contributed by atoms with Gasteiger partial charge in [0.25, 0.3) is 5.69 Å². The smallest absolute Gasteiger partial charge is 0.270 e. The van der Waals surface area contributed by atoms with Gasteiger partial charge in [-0.3, -0.25) is 10.1 Å². The van der Waals surface area contributed by atoms with Gasteiger partial charge in [0.05, 0.1) is 16.5 Å². The molecule has 0 N–H and O–H groups in total. The Morgan fingerprint density at radius 2 is 2.17 bits per heavy atom. The van der Waals surface area contributed by atoms with Crippen molar-refractivity contribution in [2.24, 2.45) is 0 Å². The van der Waals surface area contributed by atoms with E-state index in [2.05, 4.69) is 4.98 Å². The summed E-state index contributed by atoms with van der Waals surface area (Å²) in [6, 6.07) is 4.51. The molecule has 0 aliphatic heterocycles. The molecule has 94 valence electrons. The van der Waals surface area contributed by atoms with E-state index in [0.717, 1.165) is 17.1 Å². The minimum Gasteiger partial charge on any atom is -0.328 e. The highest BCUT2D eigenvalue weighted by Crippen LogP contribution is 2.23. The van der Waals surface area contributed by atoms with Crippen LogP contribution in [0.1, 0.15) is 17.1 Å². The maximum absolute atomic E-state index is 10.6. The summed E-state index contributed by atoms with van der Waals surface area (Å²) < 4.78 is 2.01. The lowest BCUT2D eigenvalue weighted by Crippen LogP contribution is -2.04. The number of rotatable bonds is 3. The number of imidazole rings is 1. The van der Waals surface area contributed by atoms with Crippen molar-refractivity contribution in [1.29, 1.82) is 0 Å². The molecule has 2 aromatic rings. The molecule has 0 radical (unpaired) electrons. The average Bonchev–Trinajstić information content (AvgIpc) is 2.63. The zero-order valence-corrected chi connectivity index (χ0v) is 10.8. The average molecular weight is 266 g/mol. The minimum atomic E-state index is -0.455. The van der Waals surface area contributed by atoms with Crippen LogP contribution < -0.4 is 0 Å². The van der Waals surface area contributed by atoms with E-state index in [0.29, 0.717) is 11.6 Å². The van der Waals surface area contributed by atoms with Crippen LogP contribution in [0.4, 0.5) is 5.69 Å². The van der Waals surface area contributed by atoms with Crippen molar-refractivity contribution >= 4 is 17.3 Å². The molecular weight excluding hydrogens is 254 g/mol. The molecule has 0 bridgehead atoms. The molecule has 1 aromatic heterocycles. The van der Waals surface area contributed by atoms with E-state index < -0.39 is 4.92 Å². The van der Waals surface area contributed by atoms with Crippen molar-refractivity contribution in [3.05, 3.63) is 56.6 Å². The number of halogens is 1. The molecule has 18 heavy (non-hydrogen) atoms. The highest BCUT2D eigenvalue weighted by Gasteiger charge is 2.11. The number of nitro benzene ring substituents is 1. The van der Waals surface area contributed by atoms with Crippen LogP contribution in [-0.4, -0.2) is 14.5 Å². The van der Waals surface area contributed by atoms with E-state index in [1.165, 1.54) is 12.1 Å². The monoisotopic (exact) mass is 265 g/mol. The van der Waals surface area contributed by atoms with Crippen molar-refractivity contribution < 1.29 is 4.92 Å². The van der Waals surface area contributed by atoms with Crippen LogP contribution in [0.2, 0.25) is 5.02 Å². The molecule has 0 amide bonds. The highest BCUT2D eigenvalue weighted by molar-refractivity contribution is 6.31. The van der Waals surface area contributed by atoms with Gasteiger partial charge in [0.1, 0.15) is 5.82 Å². The Hall–Kier alpha value is -1.88. The van der Waals surface area contributed by atoms with Crippen molar-refractivity contribution in [2.45, 2.75) is 20.4 Å². The molecule has 0 aliphatic rings. The van der Waals surface area contributed by atoms with E-state index in [9.17, 15) is 10.1 Å². The summed E-state index contributed by atoms with van der Waals surface area (Å²) in [7, 11) is 0. The third kappa shape index (κ3) is 2.36. The van der Waals surface area contributed by atoms with Gasteiger partial charge in [-0.25, -0.2) is 4.98 Å². The van der Waals surface area contributed by atoms with Gasteiger partial charge in [-0.05, 0) is 25.5 Å². The molecule has 0 spiro atoms. The second-order valence-electron chi connectivity index (χ2n) is 4.07. The SMILES string of the molecule is Cc1cnc(C)n1Cc1ccc([N+](=O)[O-])cc1Cl. The van der Waals surface area contributed by atoms with Crippen molar-refractivity contribution in [3.8, 4) is 0 Å². The molecule has 0 saturated carbocycles. The highest BCUT2D eigenvalue weighted by atomic mass is 35.5. The fourth-order valence-corrected chi connectivity index (χ4v) is 2.00. The number of nitro groups is 1. The lowest BCUT2D eigenvalue weighted by molar-refractivity contribution is -0.384. The molecule has 5 nitrogen and oxygen atoms in total. The maximum Gasteiger partial charge on any atom is 0.270 e. The number of nitrogens with zero attached hydrogens (tertiary/aromatic N) is 3. The molecular formula is C12H12ClN3O2. The van der Waals surface area contributed by atoms with Crippen molar-refractivity contribution in [3.63, 3.8) is 0 Å². The lowest BCUT2D eigenvalue weighted by Gasteiger charge is -2.09. The first-order valence-corrected chi connectivity index (χ1v) is 5.78. The first-order valence-electron chi connectivity index (χ1n) is 5.40. The molecule has 1 heterocycles. The summed E-state index contributed by atoms with van der Waals surface area (Å²) in [6.45, 7) is 4.43. The predicted octanol–water partition coefficient (Wildman–Crippen LogP) is 3.11. The largest absolute Gasteiger partial charge is 0.328 e. The van der Waals surface area contributed by atoms with Gasteiger partial charge >= 0.3 is 0 Å². The second-order valence-corrected chi connectivity index (χ2v) is 4.47. The predicted molar refractivity (Wildman–Crippen MR) is 68.9 cm³/mol. The van der Waals surface area contributed by atoms with E-state index in [1.807, 2.05) is 18.4 Å². The van der Waals surface area contributed by atoms with Crippen LogP contribution in [0, 0.1) is 24.0 Å². The van der Waals surface area contributed by atoms with Crippen LogP contribution in [-0.2, 0) is 6.54 Å². The van der Waals surface area contributed by atoms with Gasteiger partial charge in [0.15, 0.2) is 0 Å². The van der Waals surface area contributed by atoms with E-state index in [4.69, 9.17) is 11.6 Å². The Kier molecular flexibility index (Phi) is 3.34. The molecule has 0 aliphatic carbocycles. The standard InChI is InChI=1S/C12H12ClN3O2/c1-8-6-14-9(2)15(8)7-10-3-4-11(16(17)18)5-12(10)13/h3-6H,7H2,1-2H3. The van der Waals surface area contributed by atoms with E-state index in [-0.39, 0.29) is 5.69 Å². The van der Waals surface area contributed by atoms with Crippen LogP contribution >= 0.6 is 11.6 Å². The van der Waals surface area contributed by atoms with Crippen LogP contribution in [0.3, 0.4) is 0 Å². The van der Waals surface area contributed by atoms with E-state index in [1.54, 1.807) is 12.3 Å². The summed E-state index contributed by atoms with van der Waals surface area (Å²) in [6.07, 6.45) is 1.79. The van der Waals surface area contributed by atoms with Crippen LogP contribution in [0.25, 0.3) is 0 Å². The fourth-order valence-electron chi connectivity index (χ4n) is 1.77. The number of hydrogen-bond acceptors (Lipinski definition) is 3. The van der Waals surface area contributed by atoms with Crippen LogP contribution in [0.5, 0.6) is 0 Å². The Morgan fingerprint density at radius 1 is 1.44 bits per heavy atom. The van der Waals surface area contributed by atoms with Gasteiger partial charge in [0.2, 0.25) is 0 Å². The molecule has 0 unspecified atom stereocenters. The number of benzene rings is 1. The van der Waals surface area contributed by atoms with E-state index >= 15 is 0 Å². The van der Waals surface area contributed by atoms with Gasteiger partial charge < -0.3 is 4.57 Å². The van der Waals surface area contributed by atoms with Crippen molar-refractivity contribution in [1.82, 2.24) is 9.55 Å². The molecule has 6 heteroatoms. The Morgan fingerprint density at radius 3 is 2.67 bits per heavy atom. The molecule has 2 rings (SSSR count). The molecule has 1 aromatic carbocycles. The van der Waals surface area contributed by atoms with Crippen LogP contribution in [0.15, 0.2) is 24.4 Å². The summed E-state index contributed by atoms with van der Waals surface area (Å²) in [5, 5.41) is 11.0. The zero-order chi connectivity index (χ0) is 13.3. The maximum atomic E-state index is 10.6. The fraction of sp³-hybridized carbons (Fsp3) is 0.250. The Bertz CT molecular complexity index is 588. The number of aromatic nitrogens is 2. The molecule has 0 fully saturated rings. The third-order valence-electron chi connectivity index (χ3n) is 2.83. The first-order chi connectivity index (χ1) is 8.49. The van der Waals surface area contributed by atoms with Gasteiger partial charge in [-0.2, -0.15) is 0 Å². The normalized spacial score (nSPS) is 10.6. The summed E-state index contributed by atoms with van der Waals surface area (Å²) >= 11 is 6.06. The molecule has 0 atom stereocenters. The van der Waals surface area contributed by atoms with Gasteiger partial charge in [-0.1, -0.05) is 11.6 Å². The number of hydrogen-bond donors (Lipinski definition) is 0. The summed E-state index contributed by atoms with van der Waals surface area (Å²) in [5.41, 5.74) is 1.87. The summed E-state index contributed by atoms with van der Waals surface area (Å²) in [4.78, 5) is 14.4. The number of non-ortho nitro benzene ring substituents is 1. The second kappa shape index (κ2) is 4.78. The quantitative estimate of drug-likeness (QED) is 0.633. The lowest BCUT2D eigenvalue weighted by atomic mass is 10.2. The number of aryl methyl sites for hydroxylation is 2. The first kappa shape index (κ1) is 12.6.